The summed E-state index contributed by atoms with van der Waals surface area (Å²) in [7, 11) is 1.65. The molecule has 0 atom stereocenters. The summed E-state index contributed by atoms with van der Waals surface area (Å²) in [4.78, 5) is 13.5. The lowest BCUT2D eigenvalue weighted by atomic mass is 9.91. The first-order chi connectivity index (χ1) is 13.4. The SMILES string of the molecule is COc1ccc(-c2nc(N3CCC(C)(N)CC3)c3c(C)c(C#N)sc3n2)cc1. The summed E-state index contributed by atoms with van der Waals surface area (Å²) in [5, 5.41) is 10.5. The van der Waals surface area contributed by atoms with Gasteiger partial charge in [0.1, 0.15) is 27.3 Å². The summed E-state index contributed by atoms with van der Waals surface area (Å²) in [5.74, 6) is 2.36. The van der Waals surface area contributed by atoms with Gasteiger partial charge in [0, 0.05) is 24.2 Å². The minimum Gasteiger partial charge on any atom is -0.497 e. The topological polar surface area (TPSA) is 88.1 Å². The molecular weight excluding hydrogens is 370 g/mol. The van der Waals surface area contributed by atoms with Crippen LogP contribution in [0.1, 0.15) is 30.2 Å². The molecule has 1 aliphatic heterocycles. The van der Waals surface area contributed by atoms with Crippen molar-refractivity contribution in [3.8, 4) is 23.2 Å². The number of fused-ring (bicyclic) bond motifs is 1. The molecule has 2 N–H and O–H groups in total. The number of rotatable bonds is 3. The maximum Gasteiger partial charge on any atom is 0.163 e. The standard InChI is InChI=1S/C21H23N5OS/c1-13-16(12-22)28-20-17(13)19(26-10-8-21(2,23)9-11-26)24-18(25-20)14-4-6-15(27-3)7-5-14/h4-7H,8-11,23H2,1-3H3. The van der Waals surface area contributed by atoms with Crippen LogP contribution in [-0.4, -0.2) is 35.7 Å². The Labute approximate surface area is 168 Å². The number of ether oxygens (including phenoxy) is 1. The van der Waals surface area contributed by atoms with Crippen LogP contribution in [0.15, 0.2) is 24.3 Å². The number of nitrogens with zero attached hydrogens (tertiary/aromatic N) is 4. The van der Waals surface area contributed by atoms with E-state index in [0.717, 1.165) is 58.8 Å². The van der Waals surface area contributed by atoms with E-state index in [1.807, 2.05) is 31.2 Å². The summed E-state index contributed by atoms with van der Waals surface area (Å²) in [5.41, 5.74) is 8.07. The second-order valence-corrected chi connectivity index (χ2v) is 8.59. The van der Waals surface area contributed by atoms with E-state index in [9.17, 15) is 5.26 Å². The van der Waals surface area contributed by atoms with Crippen molar-refractivity contribution in [2.24, 2.45) is 5.73 Å². The number of piperidine rings is 1. The molecule has 0 amide bonds. The first kappa shape index (κ1) is 18.7. The van der Waals surface area contributed by atoms with Gasteiger partial charge in [-0.1, -0.05) is 0 Å². The molecule has 6 nitrogen and oxygen atoms in total. The van der Waals surface area contributed by atoms with Crippen molar-refractivity contribution in [3.63, 3.8) is 0 Å². The van der Waals surface area contributed by atoms with Crippen molar-refractivity contribution < 1.29 is 4.74 Å². The Kier molecular flexibility index (Phi) is 4.69. The lowest BCUT2D eigenvalue weighted by molar-refractivity contribution is 0.363. The van der Waals surface area contributed by atoms with Crippen LogP contribution in [0.25, 0.3) is 21.6 Å². The number of anilines is 1. The fourth-order valence-electron chi connectivity index (χ4n) is 3.55. The average Bonchev–Trinajstić information content (AvgIpc) is 3.03. The van der Waals surface area contributed by atoms with Crippen LogP contribution in [0.5, 0.6) is 5.75 Å². The van der Waals surface area contributed by atoms with Crippen LogP contribution in [0.3, 0.4) is 0 Å². The fraction of sp³-hybridized carbons (Fsp3) is 0.381. The molecule has 3 aromatic rings. The van der Waals surface area contributed by atoms with Gasteiger partial charge in [-0.25, -0.2) is 9.97 Å². The molecule has 144 valence electrons. The fourth-order valence-corrected chi connectivity index (χ4v) is 4.52. The van der Waals surface area contributed by atoms with Gasteiger partial charge in [0.25, 0.3) is 0 Å². The van der Waals surface area contributed by atoms with Gasteiger partial charge in [-0.05, 0) is 56.5 Å². The summed E-state index contributed by atoms with van der Waals surface area (Å²) >= 11 is 1.43. The largest absolute Gasteiger partial charge is 0.497 e. The molecule has 2 aromatic heterocycles. The van der Waals surface area contributed by atoms with Crippen LogP contribution >= 0.6 is 11.3 Å². The number of nitriles is 1. The normalized spacial score (nSPS) is 16.2. The number of methoxy groups -OCH3 is 1. The van der Waals surface area contributed by atoms with Crippen LogP contribution < -0.4 is 15.4 Å². The van der Waals surface area contributed by atoms with Gasteiger partial charge in [-0.3, -0.25) is 0 Å². The molecule has 28 heavy (non-hydrogen) atoms. The highest BCUT2D eigenvalue weighted by Gasteiger charge is 2.29. The summed E-state index contributed by atoms with van der Waals surface area (Å²) in [6.07, 6.45) is 1.81. The predicted octanol–water partition coefficient (Wildman–Crippen LogP) is 3.86. The second kappa shape index (κ2) is 7.04. The Morgan fingerprint density at radius 1 is 1.21 bits per heavy atom. The molecule has 1 aromatic carbocycles. The first-order valence-corrected chi connectivity index (χ1v) is 10.1. The van der Waals surface area contributed by atoms with E-state index < -0.39 is 0 Å². The Bertz CT molecular complexity index is 1060. The van der Waals surface area contributed by atoms with Crippen LogP contribution in [-0.2, 0) is 0 Å². The Morgan fingerprint density at radius 3 is 2.50 bits per heavy atom. The van der Waals surface area contributed by atoms with Gasteiger partial charge < -0.3 is 15.4 Å². The molecular formula is C21H23N5OS. The highest BCUT2D eigenvalue weighted by Crippen LogP contribution is 2.38. The zero-order chi connectivity index (χ0) is 19.9. The minimum atomic E-state index is -0.136. The second-order valence-electron chi connectivity index (χ2n) is 7.59. The van der Waals surface area contributed by atoms with Gasteiger partial charge in [-0.15, -0.1) is 11.3 Å². The monoisotopic (exact) mass is 393 g/mol. The highest BCUT2D eigenvalue weighted by molar-refractivity contribution is 7.19. The molecule has 7 heteroatoms. The summed E-state index contributed by atoms with van der Waals surface area (Å²) < 4.78 is 5.25. The number of hydrogen-bond acceptors (Lipinski definition) is 7. The van der Waals surface area contributed by atoms with E-state index in [1.54, 1.807) is 7.11 Å². The third-order valence-corrected chi connectivity index (χ3v) is 6.52. The number of aromatic nitrogens is 2. The number of benzene rings is 1. The van der Waals surface area contributed by atoms with Crippen molar-refractivity contribution in [3.05, 3.63) is 34.7 Å². The molecule has 0 unspecified atom stereocenters. The Balaban J connectivity index is 1.85. The lowest BCUT2D eigenvalue weighted by Crippen LogP contribution is -2.48. The van der Waals surface area contributed by atoms with Crippen LogP contribution in [0.2, 0.25) is 0 Å². The molecule has 4 rings (SSSR count). The molecule has 0 aliphatic carbocycles. The molecule has 1 saturated heterocycles. The average molecular weight is 394 g/mol. The zero-order valence-electron chi connectivity index (χ0n) is 16.3. The number of hydrogen-bond donors (Lipinski definition) is 1. The molecule has 3 heterocycles. The van der Waals surface area contributed by atoms with Crippen LogP contribution in [0.4, 0.5) is 5.82 Å². The van der Waals surface area contributed by atoms with Crippen molar-refractivity contribution in [2.45, 2.75) is 32.2 Å². The zero-order valence-corrected chi connectivity index (χ0v) is 17.1. The van der Waals surface area contributed by atoms with E-state index in [0.29, 0.717) is 10.7 Å². The van der Waals surface area contributed by atoms with Gasteiger partial charge in [-0.2, -0.15) is 5.26 Å². The molecule has 1 fully saturated rings. The number of nitrogens with two attached hydrogens (primary N) is 1. The summed E-state index contributed by atoms with van der Waals surface area (Å²) in [6.45, 7) is 5.78. The van der Waals surface area contributed by atoms with E-state index in [-0.39, 0.29) is 5.54 Å². The van der Waals surface area contributed by atoms with E-state index in [2.05, 4.69) is 17.9 Å². The maximum absolute atomic E-state index is 9.50. The lowest BCUT2D eigenvalue weighted by Gasteiger charge is -2.37. The van der Waals surface area contributed by atoms with Gasteiger partial charge in [0.2, 0.25) is 0 Å². The molecule has 0 bridgehead atoms. The van der Waals surface area contributed by atoms with Gasteiger partial charge in [0.05, 0.1) is 12.5 Å². The van der Waals surface area contributed by atoms with Gasteiger partial charge in [0.15, 0.2) is 5.82 Å². The molecule has 0 saturated carbocycles. The molecule has 0 spiro atoms. The third-order valence-electron chi connectivity index (χ3n) is 5.43. The number of thiophene rings is 1. The van der Waals surface area contributed by atoms with E-state index in [4.69, 9.17) is 20.4 Å². The quantitative estimate of drug-likeness (QED) is 0.727. The summed E-state index contributed by atoms with van der Waals surface area (Å²) in [6, 6.07) is 10.0. The maximum atomic E-state index is 9.50. The predicted molar refractivity (Wildman–Crippen MR) is 113 cm³/mol. The molecule has 0 radical (unpaired) electrons. The van der Waals surface area contributed by atoms with E-state index in [1.165, 1.54) is 11.3 Å². The van der Waals surface area contributed by atoms with Crippen molar-refractivity contribution in [2.75, 3.05) is 25.1 Å². The van der Waals surface area contributed by atoms with Crippen LogP contribution in [0, 0.1) is 18.3 Å². The van der Waals surface area contributed by atoms with Crippen molar-refractivity contribution in [1.82, 2.24) is 9.97 Å². The number of aryl methyl sites for hydroxylation is 1. The molecule has 1 aliphatic rings. The van der Waals surface area contributed by atoms with E-state index >= 15 is 0 Å². The highest BCUT2D eigenvalue weighted by atomic mass is 32.1. The smallest absolute Gasteiger partial charge is 0.163 e. The first-order valence-electron chi connectivity index (χ1n) is 9.31. The van der Waals surface area contributed by atoms with Crippen molar-refractivity contribution >= 4 is 27.4 Å². The van der Waals surface area contributed by atoms with Crippen molar-refractivity contribution in [1.29, 1.82) is 5.26 Å². The minimum absolute atomic E-state index is 0.136. The third kappa shape index (κ3) is 3.30. The van der Waals surface area contributed by atoms with Gasteiger partial charge >= 0.3 is 0 Å². The Hall–Kier alpha value is -2.69. The Morgan fingerprint density at radius 2 is 1.89 bits per heavy atom.